The molecule has 124 valence electrons. The molecule has 4 heterocycles. The number of pyridine rings is 1. The number of aromatic nitrogens is 3. The molecule has 5 heteroatoms. The van der Waals surface area contributed by atoms with Crippen molar-refractivity contribution < 1.29 is 0 Å². The van der Waals surface area contributed by atoms with Gasteiger partial charge in [0.15, 0.2) is 0 Å². The zero-order valence-electron chi connectivity index (χ0n) is 14.2. The van der Waals surface area contributed by atoms with Crippen molar-refractivity contribution in [2.24, 2.45) is 0 Å². The van der Waals surface area contributed by atoms with E-state index < -0.39 is 0 Å². The predicted molar refractivity (Wildman–Crippen MR) is 93.0 cm³/mol. The highest BCUT2D eigenvalue weighted by molar-refractivity contribution is 5.59. The molecule has 0 amide bonds. The Hall–Kier alpha value is -2.35. The number of fused-ring (bicyclic) bond motifs is 1. The van der Waals surface area contributed by atoms with Gasteiger partial charge in [-0.25, -0.2) is 4.98 Å². The zero-order chi connectivity index (χ0) is 16.5. The van der Waals surface area contributed by atoms with Crippen LogP contribution in [0.4, 0.5) is 5.69 Å². The molecule has 2 aromatic rings. The minimum atomic E-state index is 0.450. The first-order chi connectivity index (χ1) is 11.8. The lowest BCUT2D eigenvalue weighted by Gasteiger charge is -2.35. The van der Waals surface area contributed by atoms with Crippen LogP contribution in [0, 0.1) is 18.3 Å². The highest BCUT2D eigenvalue weighted by Gasteiger charge is 2.28. The predicted octanol–water partition coefficient (Wildman–Crippen LogP) is 3.18. The normalized spacial score (nSPS) is 20.5. The molecule has 0 spiro atoms. The molecule has 4 rings (SSSR count). The topological polar surface area (TPSA) is 57.7 Å². The first-order valence-corrected chi connectivity index (χ1v) is 8.92. The molecule has 0 bridgehead atoms. The molecule has 0 unspecified atom stereocenters. The molecular formula is C19H23N5. The molecule has 24 heavy (non-hydrogen) atoms. The number of nitriles is 1. The van der Waals surface area contributed by atoms with Crippen molar-refractivity contribution in [3.05, 3.63) is 41.2 Å². The molecule has 0 saturated carbocycles. The van der Waals surface area contributed by atoms with Gasteiger partial charge in [0.1, 0.15) is 11.9 Å². The van der Waals surface area contributed by atoms with E-state index in [0.717, 1.165) is 43.9 Å². The van der Waals surface area contributed by atoms with Crippen molar-refractivity contribution in [2.75, 3.05) is 18.0 Å². The number of imidazole rings is 1. The standard InChI is InChI=1S/C19H23N5/c1-14-9-18(16(10-20)11-21-14)23-7-4-5-15(13-23)19-22-12-17-6-2-3-8-24(17)19/h9,11-12,15H,2-8,13H2,1H3/t15-/m1/s1. The van der Waals surface area contributed by atoms with Gasteiger partial charge in [0.05, 0.1) is 11.3 Å². The van der Waals surface area contributed by atoms with Crippen LogP contribution in [0.15, 0.2) is 18.5 Å². The molecule has 1 saturated heterocycles. The molecule has 0 N–H and O–H groups in total. The molecule has 1 fully saturated rings. The monoisotopic (exact) mass is 321 g/mol. The first kappa shape index (κ1) is 15.2. The van der Waals surface area contributed by atoms with Gasteiger partial charge in [0.2, 0.25) is 0 Å². The van der Waals surface area contributed by atoms with Crippen LogP contribution >= 0.6 is 0 Å². The van der Waals surface area contributed by atoms with Crippen LogP contribution in [0.3, 0.4) is 0 Å². The zero-order valence-corrected chi connectivity index (χ0v) is 14.2. The maximum atomic E-state index is 9.41. The van der Waals surface area contributed by atoms with Crippen molar-refractivity contribution in [3.8, 4) is 6.07 Å². The summed E-state index contributed by atoms with van der Waals surface area (Å²) in [7, 11) is 0. The van der Waals surface area contributed by atoms with E-state index in [1.165, 1.54) is 30.8 Å². The minimum Gasteiger partial charge on any atom is -0.370 e. The van der Waals surface area contributed by atoms with Gasteiger partial charge in [-0.3, -0.25) is 4.98 Å². The van der Waals surface area contributed by atoms with Gasteiger partial charge in [-0.1, -0.05) is 0 Å². The summed E-state index contributed by atoms with van der Waals surface area (Å²) in [6.45, 7) is 5.03. The molecular weight excluding hydrogens is 298 g/mol. The second kappa shape index (κ2) is 6.27. The maximum absolute atomic E-state index is 9.41. The third-order valence-corrected chi connectivity index (χ3v) is 5.30. The van der Waals surface area contributed by atoms with Crippen LogP contribution in [-0.2, 0) is 13.0 Å². The summed E-state index contributed by atoms with van der Waals surface area (Å²) < 4.78 is 2.45. The quantitative estimate of drug-likeness (QED) is 0.852. The second-order valence-corrected chi connectivity index (χ2v) is 6.96. The Morgan fingerprint density at radius 1 is 1.17 bits per heavy atom. The number of aryl methyl sites for hydroxylation is 2. The highest BCUT2D eigenvalue weighted by Crippen LogP contribution is 2.32. The number of hydrogen-bond donors (Lipinski definition) is 0. The summed E-state index contributed by atoms with van der Waals surface area (Å²) in [5, 5.41) is 9.41. The Balaban J connectivity index is 1.62. The lowest BCUT2D eigenvalue weighted by atomic mass is 9.95. The lowest BCUT2D eigenvalue weighted by Crippen LogP contribution is -2.36. The third-order valence-electron chi connectivity index (χ3n) is 5.30. The van der Waals surface area contributed by atoms with Crippen LogP contribution in [0.1, 0.15) is 54.4 Å². The molecule has 5 nitrogen and oxygen atoms in total. The Bertz CT molecular complexity index is 786. The molecule has 0 aliphatic carbocycles. The van der Waals surface area contributed by atoms with Gasteiger partial charge in [0, 0.05) is 49.3 Å². The van der Waals surface area contributed by atoms with Gasteiger partial charge >= 0.3 is 0 Å². The van der Waals surface area contributed by atoms with Crippen LogP contribution in [-0.4, -0.2) is 27.6 Å². The average Bonchev–Trinajstić information content (AvgIpc) is 3.06. The van der Waals surface area contributed by atoms with E-state index in [1.807, 2.05) is 13.0 Å². The van der Waals surface area contributed by atoms with E-state index in [9.17, 15) is 5.26 Å². The van der Waals surface area contributed by atoms with E-state index in [1.54, 1.807) is 6.20 Å². The van der Waals surface area contributed by atoms with Gasteiger partial charge in [-0.05, 0) is 45.1 Å². The summed E-state index contributed by atoms with van der Waals surface area (Å²) >= 11 is 0. The second-order valence-electron chi connectivity index (χ2n) is 6.96. The molecule has 1 atom stereocenters. The fourth-order valence-corrected chi connectivity index (χ4v) is 4.09. The van der Waals surface area contributed by atoms with Crippen molar-refractivity contribution in [1.29, 1.82) is 5.26 Å². The van der Waals surface area contributed by atoms with Gasteiger partial charge in [-0.2, -0.15) is 5.26 Å². The molecule has 2 aliphatic heterocycles. The fraction of sp³-hybridized carbons (Fsp3) is 0.526. The average molecular weight is 321 g/mol. The van der Waals surface area contributed by atoms with E-state index in [0.29, 0.717) is 11.5 Å². The van der Waals surface area contributed by atoms with Gasteiger partial charge in [0.25, 0.3) is 0 Å². The van der Waals surface area contributed by atoms with Crippen LogP contribution < -0.4 is 4.90 Å². The van der Waals surface area contributed by atoms with Crippen molar-refractivity contribution >= 4 is 5.69 Å². The van der Waals surface area contributed by atoms with Gasteiger partial charge in [-0.15, -0.1) is 0 Å². The summed E-state index contributed by atoms with van der Waals surface area (Å²) in [6, 6.07) is 4.34. The largest absolute Gasteiger partial charge is 0.370 e. The number of rotatable bonds is 2. The Kier molecular flexibility index (Phi) is 3.97. The third kappa shape index (κ3) is 2.66. The Morgan fingerprint density at radius 2 is 2.08 bits per heavy atom. The van der Waals surface area contributed by atoms with E-state index in [2.05, 4.69) is 26.7 Å². The fourth-order valence-electron chi connectivity index (χ4n) is 4.09. The SMILES string of the molecule is Cc1cc(N2CCC[C@@H](c3ncc4n3CCCC4)C2)c(C#N)cn1. The van der Waals surface area contributed by atoms with Crippen molar-refractivity contribution in [1.82, 2.24) is 14.5 Å². The number of nitrogens with zero attached hydrogens (tertiary/aromatic N) is 5. The summed E-state index contributed by atoms with van der Waals surface area (Å²) in [6.07, 6.45) is 9.79. The van der Waals surface area contributed by atoms with E-state index in [4.69, 9.17) is 4.98 Å². The first-order valence-electron chi connectivity index (χ1n) is 8.92. The number of piperidine rings is 1. The summed E-state index contributed by atoms with van der Waals surface area (Å²) in [4.78, 5) is 11.4. The van der Waals surface area contributed by atoms with Crippen LogP contribution in [0.25, 0.3) is 0 Å². The van der Waals surface area contributed by atoms with Crippen LogP contribution in [0.2, 0.25) is 0 Å². The Labute approximate surface area is 143 Å². The van der Waals surface area contributed by atoms with Crippen molar-refractivity contribution in [2.45, 2.75) is 51.5 Å². The summed E-state index contributed by atoms with van der Waals surface area (Å²) in [5.41, 5.74) is 4.06. The highest BCUT2D eigenvalue weighted by atomic mass is 15.2. The lowest BCUT2D eigenvalue weighted by molar-refractivity contribution is 0.445. The summed E-state index contributed by atoms with van der Waals surface area (Å²) in [5.74, 6) is 1.70. The van der Waals surface area contributed by atoms with Crippen molar-refractivity contribution in [3.63, 3.8) is 0 Å². The maximum Gasteiger partial charge on any atom is 0.113 e. The number of anilines is 1. The minimum absolute atomic E-state index is 0.450. The number of hydrogen-bond acceptors (Lipinski definition) is 4. The molecule has 0 aromatic carbocycles. The molecule has 2 aromatic heterocycles. The Morgan fingerprint density at radius 3 is 2.96 bits per heavy atom. The smallest absolute Gasteiger partial charge is 0.113 e. The van der Waals surface area contributed by atoms with E-state index >= 15 is 0 Å². The molecule has 2 aliphatic rings. The van der Waals surface area contributed by atoms with E-state index in [-0.39, 0.29) is 0 Å². The molecule has 0 radical (unpaired) electrons. The van der Waals surface area contributed by atoms with Crippen LogP contribution in [0.5, 0.6) is 0 Å². The van der Waals surface area contributed by atoms with Gasteiger partial charge < -0.3 is 9.47 Å².